The van der Waals surface area contributed by atoms with Gasteiger partial charge in [0.1, 0.15) is 5.82 Å². The number of aromatic nitrogens is 2. The Balaban J connectivity index is 2.30. The number of halogens is 3. The second-order valence-electron chi connectivity index (χ2n) is 4.85. The van der Waals surface area contributed by atoms with Gasteiger partial charge in [-0.3, -0.25) is 0 Å². The van der Waals surface area contributed by atoms with Crippen LogP contribution in [0.1, 0.15) is 17.0 Å². The molecule has 4 nitrogen and oxygen atoms in total. The summed E-state index contributed by atoms with van der Waals surface area (Å²) in [6, 6.07) is 4.19. The van der Waals surface area contributed by atoms with Crippen LogP contribution in [0.25, 0.3) is 0 Å². The quantitative estimate of drug-likeness (QED) is 0.943. The van der Waals surface area contributed by atoms with E-state index in [0.29, 0.717) is 12.2 Å². The van der Waals surface area contributed by atoms with Gasteiger partial charge in [0, 0.05) is 38.7 Å². The van der Waals surface area contributed by atoms with Crippen LogP contribution in [0.3, 0.4) is 0 Å². The molecule has 0 aliphatic heterocycles. The van der Waals surface area contributed by atoms with Crippen molar-refractivity contribution in [3.05, 3.63) is 47.5 Å². The Morgan fingerprint density at radius 1 is 1.33 bits per heavy atom. The van der Waals surface area contributed by atoms with Gasteiger partial charge in [0.05, 0.1) is 12.1 Å². The fourth-order valence-corrected chi connectivity index (χ4v) is 2.10. The number of nitrogens with zero attached hydrogens (tertiary/aromatic N) is 3. The molecule has 7 heteroatoms. The van der Waals surface area contributed by atoms with Gasteiger partial charge in [-0.1, -0.05) is 6.07 Å². The van der Waals surface area contributed by atoms with Crippen molar-refractivity contribution in [3.63, 3.8) is 0 Å². The second-order valence-corrected chi connectivity index (χ2v) is 4.85. The predicted octanol–water partition coefficient (Wildman–Crippen LogP) is 2.53. The molecule has 1 aromatic heterocycles. The lowest BCUT2D eigenvalue weighted by atomic mass is 10.1. The minimum absolute atomic E-state index is 0.0941. The molecule has 1 heterocycles. The number of benzene rings is 1. The molecule has 0 aliphatic carbocycles. The highest BCUT2D eigenvalue weighted by molar-refractivity contribution is 5.51. The molecule has 2 N–H and O–H groups in total. The van der Waals surface area contributed by atoms with Gasteiger partial charge in [0.15, 0.2) is 0 Å². The number of aryl methyl sites for hydroxylation is 1. The fourth-order valence-electron chi connectivity index (χ4n) is 2.10. The van der Waals surface area contributed by atoms with Crippen LogP contribution in [0, 0.1) is 0 Å². The Hall–Kier alpha value is -2.02. The van der Waals surface area contributed by atoms with Crippen LogP contribution in [0.2, 0.25) is 0 Å². The maximum atomic E-state index is 13.0. The zero-order valence-corrected chi connectivity index (χ0v) is 11.9. The van der Waals surface area contributed by atoms with Crippen LogP contribution in [0.4, 0.5) is 18.9 Å². The molecule has 0 spiro atoms. The molecule has 0 bridgehead atoms. The Morgan fingerprint density at radius 2 is 2.05 bits per heavy atom. The van der Waals surface area contributed by atoms with Gasteiger partial charge in [-0.05, 0) is 17.7 Å². The highest BCUT2D eigenvalue weighted by atomic mass is 19.4. The molecule has 2 rings (SSSR count). The van der Waals surface area contributed by atoms with E-state index >= 15 is 0 Å². The Kier molecular flexibility index (Phi) is 4.22. The minimum atomic E-state index is -4.41. The van der Waals surface area contributed by atoms with Crippen LogP contribution >= 0.6 is 0 Å². The smallest absolute Gasteiger partial charge is 0.367 e. The second kappa shape index (κ2) is 5.77. The summed E-state index contributed by atoms with van der Waals surface area (Å²) < 4.78 is 40.9. The van der Waals surface area contributed by atoms with Gasteiger partial charge < -0.3 is 15.2 Å². The molecule has 114 valence electrons. The lowest BCUT2D eigenvalue weighted by molar-refractivity contribution is -0.138. The van der Waals surface area contributed by atoms with Crippen LogP contribution in [0.5, 0.6) is 0 Å². The van der Waals surface area contributed by atoms with Gasteiger partial charge in [0.2, 0.25) is 0 Å². The van der Waals surface area contributed by atoms with E-state index < -0.39 is 11.7 Å². The van der Waals surface area contributed by atoms with E-state index in [2.05, 4.69) is 4.98 Å². The highest BCUT2D eigenvalue weighted by Gasteiger charge is 2.33. The molecule has 0 fully saturated rings. The summed E-state index contributed by atoms with van der Waals surface area (Å²) in [6.45, 7) is 0.279. The van der Waals surface area contributed by atoms with Crippen molar-refractivity contribution in [3.8, 4) is 0 Å². The first-order valence-electron chi connectivity index (χ1n) is 6.40. The molecular weight excluding hydrogens is 281 g/mol. The minimum Gasteiger partial charge on any atom is -0.367 e. The molecule has 1 aromatic carbocycles. The summed E-state index contributed by atoms with van der Waals surface area (Å²) in [4.78, 5) is 5.89. The lowest BCUT2D eigenvalue weighted by Crippen LogP contribution is -2.20. The summed E-state index contributed by atoms with van der Waals surface area (Å²) >= 11 is 0. The monoisotopic (exact) mass is 298 g/mol. The zero-order chi connectivity index (χ0) is 15.6. The van der Waals surface area contributed by atoms with Crippen LogP contribution in [-0.4, -0.2) is 16.6 Å². The topological polar surface area (TPSA) is 47.1 Å². The standard InChI is InChI=1S/C14H17F3N4/c1-20-6-5-19-13(20)9-21(2)11-4-3-10(8-18)12(7-11)14(15,16)17/h3-7H,8-9,18H2,1-2H3. The Bertz CT molecular complexity index is 619. The summed E-state index contributed by atoms with van der Waals surface area (Å²) in [5.74, 6) is 0.772. The Labute approximate surface area is 121 Å². The van der Waals surface area contributed by atoms with Crippen molar-refractivity contribution in [1.29, 1.82) is 0 Å². The maximum absolute atomic E-state index is 13.0. The molecule has 0 saturated heterocycles. The molecule has 0 radical (unpaired) electrons. The van der Waals surface area contributed by atoms with E-state index in [0.717, 1.165) is 11.9 Å². The van der Waals surface area contributed by atoms with Crippen LogP contribution in [0.15, 0.2) is 30.6 Å². The predicted molar refractivity (Wildman–Crippen MR) is 74.7 cm³/mol. The van der Waals surface area contributed by atoms with E-state index in [1.54, 1.807) is 30.4 Å². The normalized spacial score (nSPS) is 11.7. The Morgan fingerprint density at radius 3 is 2.57 bits per heavy atom. The third kappa shape index (κ3) is 3.36. The van der Waals surface area contributed by atoms with E-state index in [9.17, 15) is 13.2 Å². The molecular formula is C14H17F3N4. The van der Waals surface area contributed by atoms with Crippen molar-refractivity contribution in [2.75, 3.05) is 11.9 Å². The van der Waals surface area contributed by atoms with Gasteiger partial charge in [-0.25, -0.2) is 4.98 Å². The lowest BCUT2D eigenvalue weighted by Gasteiger charge is -2.21. The van der Waals surface area contributed by atoms with Crippen molar-refractivity contribution in [1.82, 2.24) is 9.55 Å². The molecule has 0 atom stereocenters. The first-order chi connectivity index (χ1) is 9.82. The number of hydrogen-bond donors (Lipinski definition) is 1. The first-order valence-corrected chi connectivity index (χ1v) is 6.40. The van der Waals surface area contributed by atoms with E-state index in [4.69, 9.17) is 5.73 Å². The summed E-state index contributed by atoms with van der Waals surface area (Å²) in [6.07, 6.45) is -0.960. The van der Waals surface area contributed by atoms with Crippen molar-refractivity contribution >= 4 is 5.69 Å². The molecule has 0 saturated carbocycles. The van der Waals surface area contributed by atoms with Gasteiger partial charge >= 0.3 is 6.18 Å². The molecule has 0 amide bonds. The van der Waals surface area contributed by atoms with Crippen molar-refractivity contribution in [2.45, 2.75) is 19.3 Å². The van der Waals surface area contributed by atoms with Crippen LogP contribution in [-0.2, 0) is 26.3 Å². The molecule has 21 heavy (non-hydrogen) atoms. The molecule has 0 unspecified atom stereocenters. The molecule has 0 aliphatic rings. The van der Waals surface area contributed by atoms with E-state index in [1.807, 2.05) is 11.6 Å². The van der Waals surface area contributed by atoms with E-state index in [1.165, 1.54) is 6.07 Å². The third-order valence-electron chi connectivity index (χ3n) is 3.36. The number of alkyl halides is 3. The number of rotatable bonds is 4. The SMILES string of the molecule is CN(Cc1nccn1C)c1ccc(CN)c(C(F)(F)F)c1. The first kappa shape index (κ1) is 15.4. The summed E-state index contributed by atoms with van der Waals surface area (Å²) in [5.41, 5.74) is 5.26. The fraction of sp³-hybridized carbons (Fsp3) is 0.357. The van der Waals surface area contributed by atoms with Gasteiger partial charge in [-0.2, -0.15) is 13.2 Å². The summed E-state index contributed by atoms with van der Waals surface area (Å²) in [5, 5.41) is 0. The maximum Gasteiger partial charge on any atom is 0.416 e. The highest BCUT2D eigenvalue weighted by Crippen LogP contribution is 2.34. The van der Waals surface area contributed by atoms with Crippen molar-refractivity contribution < 1.29 is 13.2 Å². The third-order valence-corrected chi connectivity index (χ3v) is 3.36. The van der Waals surface area contributed by atoms with Gasteiger partial charge in [0.25, 0.3) is 0 Å². The van der Waals surface area contributed by atoms with Gasteiger partial charge in [-0.15, -0.1) is 0 Å². The number of nitrogens with two attached hydrogens (primary N) is 1. The van der Waals surface area contributed by atoms with Crippen LogP contribution < -0.4 is 10.6 Å². The molecule has 2 aromatic rings. The average Bonchev–Trinajstić information content (AvgIpc) is 2.82. The van der Waals surface area contributed by atoms with Crippen molar-refractivity contribution in [2.24, 2.45) is 12.8 Å². The average molecular weight is 298 g/mol. The largest absolute Gasteiger partial charge is 0.416 e. The number of anilines is 1. The number of imidazole rings is 1. The summed E-state index contributed by atoms with van der Waals surface area (Å²) in [7, 11) is 3.57. The van der Waals surface area contributed by atoms with E-state index in [-0.39, 0.29) is 12.1 Å². The zero-order valence-electron chi connectivity index (χ0n) is 11.9. The number of hydrogen-bond acceptors (Lipinski definition) is 3.